The molecule has 0 radical (unpaired) electrons. The van der Waals surface area contributed by atoms with Crippen LogP contribution in [0.1, 0.15) is 38.5 Å². The molecule has 0 rings (SSSR count). The molecule has 8 nitrogen and oxygen atoms in total. The monoisotopic (exact) mass is 378 g/mol. The van der Waals surface area contributed by atoms with Crippen molar-refractivity contribution in [2.45, 2.75) is 38.5 Å². The van der Waals surface area contributed by atoms with Crippen LogP contribution in [0.4, 0.5) is 0 Å². The number of carbonyl (C=O) groups excluding carboxylic acids is 1. The van der Waals surface area contributed by atoms with E-state index in [1.807, 2.05) is 0 Å². The van der Waals surface area contributed by atoms with Crippen molar-refractivity contribution in [1.82, 2.24) is 10.2 Å². The van der Waals surface area contributed by atoms with Gasteiger partial charge >= 0.3 is 11.9 Å². The first-order valence-electron chi connectivity index (χ1n) is 8.57. The van der Waals surface area contributed by atoms with E-state index in [0.29, 0.717) is 26.1 Å². The van der Waals surface area contributed by atoms with Gasteiger partial charge in [0.05, 0.1) is 13.1 Å². The molecule has 146 valence electrons. The topological polar surface area (TPSA) is 116 Å². The lowest BCUT2D eigenvalue weighted by Crippen LogP contribution is -2.35. The van der Waals surface area contributed by atoms with Crippen LogP contribution in [0.25, 0.3) is 0 Å². The highest BCUT2D eigenvalue weighted by Gasteiger charge is 2.12. The summed E-state index contributed by atoms with van der Waals surface area (Å²) in [5, 5.41) is 20.2. The van der Waals surface area contributed by atoms with Crippen LogP contribution in [0.3, 0.4) is 0 Å². The zero-order chi connectivity index (χ0) is 18.9. The molecular formula is C16H30N2O6S. The van der Waals surface area contributed by atoms with Gasteiger partial charge in [0.25, 0.3) is 0 Å². The molecule has 0 aromatic carbocycles. The Morgan fingerprint density at radius 1 is 0.920 bits per heavy atom. The van der Waals surface area contributed by atoms with Crippen molar-refractivity contribution in [1.29, 1.82) is 0 Å². The van der Waals surface area contributed by atoms with Crippen molar-refractivity contribution < 1.29 is 29.3 Å². The fraction of sp³-hybridized carbons (Fsp3) is 0.812. The lowest BCUT2D eigenvalue weighted by atomic mass is 10.2. The van der Waals surface area contributed by atoms with Gasteiger partial charge in [0.1, 0.15) is 6.61 Å². The number of thiol groups is 1. The van der Waals surface area contributed by atoms with Crippen LogP contribution in [-0.2, 0) is 19.1 Å². The molecule has 1 amide bonds. The zero-order valence-corrected chi connectivity index (χ0v) is 15.5. The van der Waals surface area contributed by atoms with Crippen LogP contribution in [0, 0.1) is 0 Å². The fourth-order valence-electron chi connectivity index (χ4n) is 2.17. The molecule has 0 saturated carbocycles. The summed E-state index contributed by atoms with van der Waals surface area (Å²) in [6, 6.07) is 0. The fourth-order valence-corrected chi connectivity index (χ4v) is 2.39. The number of nitrogens with one attached hydrogen (secondary N) is 1. The highest BCUT2D eigenvalue weighted by Crippen LogP contribution is 1.99. The highest BCUT2D eigenvalue weighted by molar-refractivity contribution is 7.80. The minimum absolute atomic E-state index is 0.0614. The number of aliphatic carboxylic acids is 2. The maximum Gasteiger partial charge on any atom is 0.317 e. The molecule has 0 spiro atoms. The summed E-state index contributed by atoms with van der Waals surface area (Å²) < 4.78 is 5.27. The molecule has 0 atom stereocenters. The van der Waals surface area contributed by atoms with Gasteiger partial charge in [0.2, 0.25) is 5.91 Å². The number of hydrogen-bond acceptors (Lipinski definition) is 6. The molecule has 0 aliphatic carbocycles. The molecular weight excluding hydrogens is 348 g/mol. The second-order valence-electron chi connectivity index (χ2n) is 5.75. The summed E-state index contributed by atoms with van der Waals surface area (Å²) in [5.41, 5.74) is 0. The third-order valence-corrected chi connectivity index (χ3v) is 3.69. The molecule has 0 aliphatic rings. The first-order valence-corrected chi connectivity index (χ1v) is 9.20. The van der Waals surface area contributed by atoms with Crippen molar-refractivity contribution in [3.8, 4) is 0 Å². The Labute approximate surface area is 154 Å². The maximum absolute atomic E-state index is 11.5. The van der Waals surface area contributed by atoms with E-state index < -0.39 is 11.9 Å². The summed E-state index contributed by atoms with van der Waals surface area (Å²) in [6.45, 7) is 1.00. The largest absolute Gasteiger partial charge is 0.480 e. The molecule has 0 bridgehead atoms. The van der Waals surface area contributed by atoms with Crippen molar-refractivity contribution in [2.75, 3.05) is 45.1 Å². The van der Waals surface area contributed by atoms with E-state index in [1.54, 1.807) is 0 Å². The predicted molar refractivity (Wildman–Crippen MR) is 97.1 cm³/mol. The molecule has 0 aromatic rings. The summed E-state index contributed by atoms with van der Waals surface area (Å²) in [4.78, 5) is 34.2. The molecule has 0 aliphatic heterocycles. The Morgan fingerprint density at radius 2 is 1.56 bits per heavy atom. The highest BCUT2D eigenvalue weighted by atomic mass is 32.1. The van der Waals surface area contributed by atoms with E-state index in [2.05, 4.69) is 17.9 Å². The van der Waals surface area contributed by atoms with Gasteiger partial charge in [0, 0.05) is 13.2 Å². The maximum atomic E-state index is 11.5. The van der Waals surface area contributed by atoms with Crippen LogP contribution >= 0.6 is 12.6 Å². The van der Waals surface area contributed by atoms with Crippen LogP contribution in [0.5, 0.6) is 0 Å². The van der Waals surface area contributed by atoms with Gasteiger partial charge in [0.15, 0.2) is 0 Å². The van der Waals surface area contributed by atoms with Crippen molar-refractivity contribution in [3.63, 3.8) is 0 Å². The van der Waals surface area contributed by atoms with Gasteiger partial charge in [-0.2, -0.15) is 12.6 Å². The molecule has 3 N–H and O–H groups in total. The molecule has 25 heavy (non-hydrogen) atoms. The zero-order valence-electron chi connectivity index (χ0n) is 14.6. The Kier molecular flexibility index (Phi) is 15.3. The average Bonchev–Trinajstić information content (AvgIpc) is 2.52. The average molecular weight is 378 g/mol. The van der Waals surface area contributed by atoms with Crippen LogP contribution in [0.15, 0.2) is 0 Å². The minimum Gasteiger partial charge on any atom is -0.480 e. The van der Waals surface area contributed by atoms with Gasteiger partial charge in [-0.15, -0.1) is 0 Å². The van der Waals surface area contributed by atoms with Gasteiger partial charge in [-0.25, -0.2) is 0 Å². The second kappa shape index (κ2) is 16.2. The minimum atomic E-state index is -1.04. The Bertz CT molecular complexity index is 379. The first kappa shape index (κ1) is 23.7. The smallest absolute Gasteiger partial charge is 0.317 e. The van der Waals surface area contributed by atoms with Crippen molar-refractivity contribution >= 4 is 30.5 Å². The Hall–Kier alpha value is -1.32. The molecule has 0 unspecified atom stereocenters. The molecule has 0 aromatic heterocycles. The lowest BCUT2D eigenvalue weighted by Gasteiger charge is -2.17. The number of unbranched alkanes of at least 4 members (excludes halogenated alkanes) is 4. The van der Waals surface area contributed by atoms with Crippen LogP contribution in [-0.4, -0.2) is 78.1 Å². The van der Waals surface area contributed by atoms with Gasteiger partial charge in [-0.05, 0) is 38.0 Å². The summed E-state index contributed by atoms with van der Waals surface area (Å²) >= 11 is 4.12. The standard InChI is InChI=1S/C16H30N2O6S/c19-14(13-24-9-5-2-6-10-25)17-7-3-1-4-8-18(11-15(20)21)12-16(22)23/h25H,1-13H2,(H,17,19)(H,20,21)(H,22,23). The number of nitrogens with zero attached hydrogens (tertiary/aromatic N) is 1. The third-order valence-electron chi connectivity index (χ3n) is 3.37. The number of carboxylic acid groups (broad SMARTS) is 2. The van der Waals surface area contributed by atoms with E-state index in [4.69, 9.17) is 14.9 Å². The molecule has 0 saturated heterocycles. The van der Waals surface area contributed by atoms with Crippen molar-refractivity contribution in [2.24, 2.45) is 0 Å². The molecule has 0 fully saturated rings. The number of ether oxygens (including phenoxy) is 1. The number of amides is 1. The normalized spacial score (nSPS) is 10.8. The summed E-state index contributed by atoms with van der Waals surface area (Å²) in [7, 11) is 0. The third kappa shape index (κ3) is 17.3. The predicted octanol–water partition coefficient (Wildman–Crippen LogP) is 0.861. The molecule has 9 heteroatoms. The second-order valence-corrected chi connectivity index (χ2v) is 6.19. The van der Waals surface area contributed by atoms with E-state index in [0.717, 1.165) is 37.9 Å². The summed E-state index contributed by atoms with van der Waals surface area (Å²) in [5.74, 6) is -1.36. The SMILES string of the molecule is O=C(O)CN(CCCCCNC(=O)COCCCCCS)CC(=O)O. The quantitative estimate of drug-likeness (QED) is 0.219. The Balaban J connectivity index is 3.58. The number of carboxylic acids is 2. The van der Waals surface area contributed by atoms with Gasteiger partial charge in [-0.3, -0.25) is 19.3 Å². The van der Waals surface area contributed by atoms with E-state index in [9.17, 15) is 14.4 Å². The van der Waals surface area contributed by atoms with E-state index in [-0.39, 0.29) is 25.6 Å². The number of carbonyl (C=O) groups is 3. The summed E-state index contributed by atoms with van der Waals surface area (Å²) in [6.07, 6.45) is 5.23. The first-order chi connectivity index (χ1) is 12.0. The van der Waals surface area contributed by atoms with Crippen LogP contribution < -0.4 is 5.32 Å². The Morgan fingerprint density at radius 3 is 2.16 bits per heavy atom. The lowest BCUT2D eigenvalue weighted by molar-refractivity contribution is -0.141. The number of hydrogen-bond donors (Lipinski definition) is 4. The molecule has 0 heterocycles. The van der Waals surface area contributed by atoms with E-state index >= 15 is 0 Å². The van der Waals surface area contributed by atoms with E-state index in [1.165, 1.54) is 4.90 Å². The van der Waals surface area contributed by atoms with Gasteiger partial charge in [-0.1, -0.05) is 12.8 Å². The number of rotatable bonds is 17. The van der Waals surface area contributed by atoms with Crippen LogP contribution in [0.2, 0.25) is 0 Å². The van der Waals surface area contributed by atoms with Gasteiger partial charge < -0.3 is 20.3 Å². The van der Waals surface area contributed by atoms with Crippen molar-refractivity contribution in [3.05, 3.63) is 0 Å².